The number of hydrogen-bond acceptors (Lipinski definition) is 5. The molecule has 0 aliphatic carbocycles. The van der Waals surface area contributed by atoms with Crippen LogP contribution in [0.15, 0.2) is 0 Å². The number of hydrogen-bond donors (Lipinski definition) is 3. The van der Waals surface area contributed by atoms with Crippen molar-refractivity contribution in [1.82, 2.24) is 15.5 Å². The van der Waals surface area contributed by atoms with E-state index in [1.807, 2.05) is 27.7 Å². The van der Waals surface area contributed by atoms with Crippen LogP contribution in [-0.2, 0) is 19.1 Å². The topological polar surface area (TPSA) is 108 Å². The summed E-state index contributed by atoms with van der Waals surface area (Å²) < 4.78 is 6.37. The Morgan fingerprint density at radius 3 is 2.55 bits per heavy atom. The Morgan fingerprint density at radius 1 is 1.19 bits per heavy atom. The van der Waals surface area contributed by atoms with Gasteiger partial charge in [0.25, 0.3) is 0 Å². The van der Waals surface area contributed by atoms with Crippen molar-refractivity contribution < 1.29 is 24.2 Å². The van der Waals surface area contributed by atoms with Crippen LogP contribution in [0.25, 0.3) is 0 Å². The van der Waals surface area contributed by atoms with Gasteiger partial charge in [-0.25, -0.2) is 0 Å². The van der Waals surface area contributed by atoms with E-state index in [9.17, 15) is 14.4 Å². The van der Waals surface area contributed by atoms with Gasteiger partial charge in [0, 0.05) is 25.2 Å². The molecule has 3 N–H and O–H groups in total. The first-order valence-electron chi connectivity index (χ1n) is 11.8. The number of nitrogens with zero attached hydrogens (tertiary/aromatic N) is 1. The molecule has 3 saturated heterocycles. The highest BCUT2D eigenvalue weighted by Crippen LogP contribution is 2.58. The molecule has 0 aromatic heterocycles. The number of rotatable bonds is 10. The molecule has 3 aliphatic heterocycles. The van der Waals surface area contributed by atoms with Crippen molar-refractivity contribution in [1.29, 1.82) is 0 Å². The molecule has 3 aliphatic rings. The van der Waals surface area contributed by atoms with Gasteiger partial charge in [0.15, 0.2) is 0 Å². The zero-order chi connectivity index (χ0) is 22.8. The quantitative estimate of drug-likeness (QED) is 0.447. The van der Waals surface area contributed by atoms with E-state index in [2.05, 4.69) is 10.6 Å². The van der Waals surface area contributed by atoms with E-state index in [1.165, 1.54) is 0 Å². The summed E-state index contributed by atoms with van der Waals surface area (Å²) >= 11 is 0. The maximum Gasteiger partial charge on any atom is 0.246 e. The van der Waals surface area contributed by atoms with Crippen LogP contribution < -0.4 is 10.6 Å². The van der Waals surface area contributed by atoms with E-state index in [4.69, 9.17) is 9.84 Å². The van der Waals surface area contributed by atoms with Gasteiger partial charge in [0.1, 0.15) is 11.6 Å². The molecule has 2 bridgehead atoms. The van der Waals surface area contributed by atoms with Crippen LogP contribution in [0.3, 0.4) is 0 Å². The fraction of sp³-hybridized carbons (Fsp3) is 0.870. The molecule has 0 radical (unpaired) electrons. The first kappa shape index (κ1) is 24.0. The average molecular weight is 438 g/mol. The summed E-state index contributed by atoms with van der Waals surface area (Å²) in [5, 5.41) is 15.0. The molecular weight excluding hydrogens is 398 g/mol. The zero-order valence-corrected chi connectivity index (χ0v) is 19.4. The van der Waals surface area contributed by atoms with Crippen LogP contribution in [0.5, 0.6) is 0 Å². The van der Waals surface area contributed by atoms with Gasteiger partial charge in [-0.2, -0.15) is 0 Å². The zero-order valence-electron chi connectivity index (χ0n) is 19.4. The molecule has 0 aromatic rings. The monoisotopic (exact) mass is 437 g/mol. The molecule has 176 valence electrons. The smallest absolute Gasteiger partial charge is 0.246 e. The number of amides is 3. The lowest BCUT2D eigenvalue weighted by Gasteiger charge is -2.35. The number of likely N-dealkylation sites (tertiary alicyclic amines) is 1. The minimum absolute atomic E-state index is 0.130. The van der Waals surface area contributed by atoms with Crippen molar-refractivity contribution >= 4 is 17.7 Å². The van der Waals surface area contributed by atoms with E-state index in [0.717, 1.165) is 32.1 Å². The lowest BCUT2D eigenvalue weighted by atomic mass is 9.70. The number of nitrogens with one attached hydrogen (secondary N) is 2. The second-order valence-electron chi connectivity index (χ2n) is 10.3. The Kier molecular flexibility index (Phi) is 7.31. The first-order chi connectivity index (χ1) is 14.7. The summed E-state index contributed by atoms with van der Waals surface area (Å²) in [5.74, 6) is -1.59. The highest BCUT2D eigenvalue weighted by molar-refractivity contribution is 5.99. The standard InChI is InChI=1S/C23H39N3O5/c1-5-12-24-19(28)16-15-10-11-23(31-15)17(16)21(30)26(13-8-6-7-9-14-27)18(23)20(29)25-22(2,3)4/h15-18,27H,5-14H2,1-4H3,(H,24,28)(H,25,29)/t15-,16+,17-,18?,23?/m0/s1. The molecule has 0 aromatic carbocycles. The Bertz CT molecular complexity index is 691. The van der Waals surface area contributed by atoms with Gasteiger partial charge in [-0.05, 0) is 52.9 Å². The fourth-order valence-corrected chi connectivity index (χ4v) is 5.55. The van der Waals surface area contributed by atoms with Crippen molar-refractivity contribution in [2.24, 2.45) is 11.8 Å². The molecule has 2 unspecified atom stereocenters. The van der Waals surface area contributed by atoms with Gasteiger partial charge in [-0.3, -0.25) is 14.4 Å². The molecule has 3 amide bonds. The van der Waals surface area contributed by atoms with Crippen molar-refractivity contribution in [3.05, 3.63) is 0 Å². The number of unbranched alkanes of at least 4 members (excludes halogenated alkanes) is 3. The molecule has 3 heterocycles. The second kappa shape index (κ2) is 9.45. The van der Waals surface area contributed by atoms with E-state index in [0.29, 0.717) is 25.9 Å². The van der Waals surface area contributed by atoms with E-state index in [-0.39, 0.29) is 30.4 Å². The van der Waals surface area contributed by atoms with Crippen LogP contribution in [0.2, 0.25) is 0 Å². The van der Waals surface area contributed by atoms with Gasteiger partial charge in [0.2, 0.25) is 17.7 Å². The van der Waals surface area contributed by atoms with Crippen LogP contribution >= 0.6 is 0 Å². The lowest BCUT2D eigenvalue weighted by Crippen LogP contribution is -2.58. The number of carbonyl (C=O) groups excluding carboxylic acids is 3. The number of fused-ring (bicyclic) bond motifs is 1. The SMILES string of the molecule is CCCNC(=O)[C@@H]1[C@@H]2CCC3(O2)C(C(=O)NC(C)(C)C)N(CCCCCCO)C(=O)[C@H]13. The lowest BCUT2D eigenvalue weighted by molar-refractivity contribution is -0.142. The maximum absolute atomic E-state index is 13.6. The second-order valence-corrected chi connectivity index (χ2v) is 10.3. The third-order valence-corrected chi connectivity index (χ3v) is 6.71. The van der Waals surface area contributed by atoms with Gasteiger partial charge >= 0.3 is 0 Å². The van der Waals surface area contributed by atoms with Crippen molar-refractivity contribution in [2.45, 2.75) is 95.9 Å². The summed E-state index contributed by atoms with van der Waals surface area (Å²) in [6, 6.07) is -0.712. The minimum atomic E-state index is -0.920. The normalized spacial score (nSPS) is 31.8. The fourth-order valence-electron chi connectivity index (χ4n) is 5.55. The summed E-state index contributed by atoms with van der Waals surface area (Å²) in [5.41, 5.74) is -1.35. The Morgan fingerprint density at radius 2 is 1.90 bits per heavy atom. The summed E-state index contributed by atoms with van der Waals surface area (Å²) in [6.07, 6.45) is 5.08. The Balaban J connectivity index is 1.86. The predicted octanol–water partition coefficient (Wildman–Crippen LogP) is 1.35. The third-order valence-electron chi connectivity index (χ3n) is 6.71. The number of aliphatic hydroxyl groups excluding tert-OH is 1. The van der Waals surface area contributed by atoms with Crippen molar-refractivity contribution in [3.8, 4) is 0 Å². The largest absolute Gasteiger partial charge is 0.396 e. The molecule has 8 nitrogen and oxygen atoms in total. The van der Waals surface area contributed by atoms with Gasteiger partial charge < -0.3 is 25.4 Å². The molecule has 1 spiro atoms. The minimum Gasteiger partial charge on any atom is -0.396 e. The van der Waals surface area contributed by atoms with Crippen molar-refractivity contribution in [2.75, 3.05) is 19.7 Å². The van der Waals surface area contributed by atoms with E-state index >= 15 is 0 Å². The van der Waals surface area contributed by atoms with E-state index < -0.39 is 29.0 Å². The summed E-state index contributed by atoms with van der Waals surface area (Å²) in [4.78, 5) is 41.6. The molecule has 5 atom stereocenters. The molecular formula is C23H39N3O5. The Hall–Kier alpha value is -1.67. The number of ether oxygens (including phenoxy) is 1. The summed E-state index contributed by atoms with van der Waals surface area (Å²) in [6.45, 7) is 8.94. The Labute approximate surface area is 185 Å². The van der Waals surface area contributed by atoms with Crippen LogP contribution in [0, 0.1) is 11.8 Å². The molecule has 3 fully saturated rings. The van der Waals surface area contributed by atoms with E-state index in [1.54, 1.807) is 4.90 Å². The predicted molar refractivity (Wildman–Crippen MR) is 116 cm³/mol. The van der Waals surface area contributed by atoms with Crippen LogP contribution in [0.1, 0.15) is 72.6 Å². The van der Waals surface area contributed by atoms with Crippen molar-refractivity contribution in [3.63, 3.8) is 0 Å². The van der Waals surface area contributed by atoms with Crippen LogP contribution in [-0.4, -0.2) is 70.7 Å². The van der Waals surface area contributed by atoms with Gasteiger partial charge in [-0.15, -0.1) is 0 Å². The summed E-state index contributed by atoms with van der Waals surface area (Å²) in [7, 11) is 0. The van der Waals surface area contributed by atoms with Gasteiger partial charge in [-0.1, -0.05) is 19.8 Å². The third kappa shape index (κ3) is 4.60. The average Bonchev–Trinajstić information content (AvgIpc) is 3.32. The maximum atomic E-state index is 13.6. The molecule has 8 heteroatoms. The highest BCUT2D eigenvalue weighted by Gasteiger charge is 2.74. The number of carbonyl (C=O) groups is 3. The highest BCUT2D eigenvalue weighted by atomic mass is 16.5. The molecule has 31 heavy (non-hydrogen) atoms. The van der Waals surface area contributed by atoms with Crippen LogP contribution in [0.4, 0.5) is 0 Å². The molecule has 3 rings (SSSR count). The first-order valence-corrected chi connectivity index (χ1v) is 11.8. The number of aliphatic hydroxyl groups is 1. The van der Waals surface area contributed by atoms with Gasteiger partial charge in [0.05, 0.1) is 17.9 Å². The molecule has 0 saturated carbocycles.